The van der Waals surface area contributed by atoms with Crippen molar-refractivity contribution in [3.63, 3.8) is 0 Å². The third-order valence-electron chi connectivity index (χ3n) is 4.07. The summed E-state index contributed by atoms with van der Waals surface area (Å²) in [6.07, 6.45) is 3.26. The number of nitrogens with one attached hydrogen (secondary N) is 2. The van der Waals surface area contributed by atoms with Crippen molar-refractivity contribution in [1.29, 1.82) is 0 Å². The summed E-state index contributed by atoms with van der Waals surface area (Å²) in [6.45, 7) is 1.96. The lowest BCUT2D eigenvalue weighted by atomic mass is 10.2. The molecule has 0 fully saturated rings. The molecule has 2 N–H and O–H groups in total. The van der Waals surface area contributed by atoms with E-state index in [4.69, 9.17) is 0 Å². The summed E-state index contributed by atoms with van der Waals surface area (Å²) in [5, 5.41) is 6.20. The number of nitrogens with zero attached hydrogens (tertiary/aromatic N) is 2. The number of carbonyl (C=O) groups is 1. The molecule has 0 spiro atoms. The highest BCUT2D eigenvalue weighted by atomic mass is 16.1. The van der Waals surface area contributed by atoms with Crippen LogP contribution in [0.15, 0.2) is 67.0 Å². The van der Waals surface area contributed by atoms with E-state index in [1.54, 1.807) is 18.5 Å². The Kier molecular flexibility index (Phi) is 5.17. The molecule has 1 amide bonds. The van der Waals surface area contributed by atoms with E-state index in [0.717, 1.165) is 28.3 Å². The Balaban J connectivity index is 1.73. The first-order chi connectivity index (χ1) is 12.5. The van der Waals surface area contributed by atoms with Crippen molar-refractivity contribution in [1.82, 2.24) is 4.98 Å². The van der Waals surface area contributed by atoms with Crippen LogP contribution >= 0.6 is 0 Å². The van der Waals surface area contributed by atoms with E-state index in [1.807, 2.05) is 74.4 Å². The minimum atomic E-state index is -0.182. The maximum atomic E-state index is 12.5. The molecule has 0 aliphatic rings. The van der Waals surface area contributed by atoms with Crippen LogP contribution in [0, 0.1) is 6.92 Å². The molecule has 5 nitrogen and oxygen atoms in total. The van der Waals surface area contributed by atoms with E-state index in [2.05, 4.69) is 15.6 Å². The number of carbonyl (C=O) groups excluding carboxylic acids is 1. The van der Waals surface area contributed by atoms with Crippen LogP contribution in [-0.2, 0) is 0 Å². The Hall–Kier alpha value is -3.34. The first-order valence-electron chi connectivity index (χ1n) is 8.39. The lowest BCUT2D eigenvalue weighted by Crippen LogP contribution is -2.13. The molecule has 3 rings (SSSR count). The molecule has 0 saturated carbocycles. The number of benzene rings is 2. The van der Waals surface area contributed by atoms with Crippen molar-refractivity contribution in [3.8, 4) is 0 Å². The highest BCUT2D eigenvalue weighted by molar-refractivity contribution is 6.05. The monoisotopic (exact) mass is 346 g/mol. The molecule has 0 aliphatic heterocycles. The third kappa shape index (κ3) is 4.19. The van der Waals surface area contributed by atoms with Gasteiger partial charge in [0.15, 0.2) is 0 Å². The number of aromatic nitrogens is 1. The molecule has 1 heterocycles. The summed E-state index contributed by atoms with van der Waals surface area (Å²) >= 11 is 0. The summed E-state index contributed by atoms with van der Waals surface area (Å²) in [4.78, 5) is 18.7. The maximum Gasteiger partial charge on any atom is 0.257 e. The van der Waals surface area contributed by atoms with Gasteiger partial charge in [0.1, 0.15) is 0 Å². The number of hydrogen-bond donors (Lipinski definition) is 2. The highest BCUT2D eigenvalue weighted by Crippen LogP contribution is 2.21. The molecule has 26 heavy (non-hydrogen) atoms. The minimum absolute atomic E-state index is 0.182. The summed E-state index contributed by atoms with van der Waals surface area (Å²) in [5.74, 6) is -0.182. The van der Waals surface area contributed by atoms with Gasteiger partial charge in [-0.3, -0.25) is 9.78 Å². The fourth-order valence-electron chi connectivity index (χ4n) is 2.55. The van der Waals surface area contributed by atoms with Gasteiger partial charge in [0, 0.05) is 37.4 Å². The lowest BCUT2D eigenvalue weighted by Gasteiger charge is -2.13. The normalized spacial score (nSPS) is 10.3. The molecule has 0 aliphatic carbocycles. The summed E-state index contributed by atoms with van der Waals surface area (Å²) in [7, 11) is 4.01. The second-order valence-corrected chi connectivity index (χ2v) is 6.30. The lowest BCUT2D eigenvalue weighted by molar-refractivity contribution is 0.102. The molecule has 0 unspecified atom stereocenters. The van der Waals surface area contributed by atoms with E-state index in [1.165, 1.54) is 0 Å². The van der Waals surface area contributed by atoms with E-state index < -0.39 is 0 Å². The number of hydrogen-bond acceptors (Lipinski definition) is 4. The van der Waals surface area contributed by atoms with Crippen LogP contribution < -0.4 is 15.5 Å². The Morgan fingerprint density at radius 3 is 2.38 bits per heavy atom. The number of rotatable bonds is 5. The van der Waals surface area contributed by atoms with Gasteiger partial charge in [-0.15, -0.1) is 0 Å². The number of amides is 1. The topological polar surface area (TPSA) is 57.3 Å². The van der Waals surface area contributed by atoms with E-state index in [9.17, 15) is 4.79 Å². The Morgan fingerprint density at radius 1 is 0.962 bits per heavy atom. The van der Waals surface area contributed by atoms with E-state index in [-0.39, 0.29) is 5.91 Å². The Labute approximate surface area is 153 Å². The maximum absolute atomic E-state index is 12.5. The van der Waals surface area contributed by atoms with Crippen LogP contribution in [0.4, 0.5) is 22.7 Å². The molecular weight excluding hydrogens is 324 g/mol. The minimum Gasteiger partial charge on any atom is -0.378 e. The second-order valence-electron chi connectivity index (χ2n) is 6.30. The average Bonchev–Trinajstić information content (AvgIpc) is 2.64. The first kappa shape index (κ1) is 17.5. The van der Waals surface area contributed by atoms with Gasteiger partial charge >= 0.3 is 0 Å². The van der Waals surface area contributed by atoms with E-state index >= 15 is 0 Å². The zero-order valence-electron chi connectivity index (χ0n) is 15.2. The Bertz CT molecular complexity index is 904. The molecule has 1 aromatic heterocycles. The highest BCUT2D eigenvalue weighted by Gasteiger charge is 2.09. The van der Waals surface area contributed by atoms with Crippen molar-refractivity contribution in [2.24, 2.45) is 0 Å². The van der Waals surface area contributed by atoms with Crippen LogP contribution in [0.5, 0.6) is 0 Å². The number of anilines is 4. The largest absolute Gasteiger partial charge is 0.378 e. The molecule has 2 aromatic carbocycles. The number of pyridine rings is 1. The van der Waals surface area contributed by atoms with Crippen molar-refractivity contribution in [3.05, 3.63) is 78.1 Å². The molecule has 0 bridgehead atoms. The van der Waals surface area contributed by atoms with Crippen molar-refractivity contribution >= 4 is 28.7 Å². The molecule has 132 valence electrons. The van der Waals surface area contributed by atoms with Crippen LogP contribution in [-0.4, -0.2) is 25.0 Å². The SMILES string of the molecule is Cc1ccccc1NC(=O)c1cncc(Nc2ccc(N(C)C)cc2)c1. The molecular formula is C21H22N4O. The first-order valence-corrected chi connectivity index (χ1v) is 8.39. The van der Waals surface area contributed by atoms with Gasteiger partial charge in [-0.25, -0.2) is 0 Å². The van der Waals surface area contributed by atoms with Crippen LogP contribution in [0.1, 0.15) is 15.9 Å². The molecule has 3 aromatic rings. The van der Waals surface area contributed by atoms with Gasteiger partial charge in [-0.2, -0.15) is 0 Å². The summed E-state index contributed by atoms with van der Waals surface area (Å²) in [6, 6.07) is 17.5. The molecule has 0 atom stereocenters. The molecule has 0 saturated heterocycles. The van der Waals surface area contributed by atoms with E-state index in [0.29, 0.717) is 5.56 Å². The predicted molar refractivity (Wildman–Crippen MR) is 107 cm³/mol. The fourth-order valence-corrected chi connectivity index (χ4v) is 2.55. The van der Waals surface area contributed by atoms with Crippen molar-refractivity contribution in [2.45, 2.75) is 6.92 Å². The quantitative estimate of drug-likeness (QED) is 0.716. The number of para-hydroxylation sites is 1. The smallest absolute Gasteiger partial charge is 0.257 e. The van der Waals surface area contributed by atoms with Gasteiger partial charge in [-0.05, 0) is 48.9 Å². The molecule has 5 heteroatoms. The van der Waals surface area contributed by atoms with Gasteiger partial charge < -0.3 is 15.5 Å². The van der Waals surface area contributed by atoms with Crippen LogP contribution in [0.3, 0.4) is 0 Å². The summed E-state index contributed by atoms with van der Waals surface area (Å²) < 4.78 is 0. The van der Waals surface area contributed by atoms with Gasteiger partial charge in [0.05, 0.1) is 17.4 Å². The predicted octanol–water partition coefficient (Wildman–Crippen LogP) is 4.45. The zero-order valence-corrected chi connectivity index (χ0v) is 15.2. The second kappa shape index (κ2) is 7.70. The standard InChI is InChI=1S/C21H22N4O/c1-15-6-4-5-7-20(15)24-21(26)16-12-18(14-22-13-16)23-17-8-10-19(11-9-17)25(2)3/h4-14,23H,1-3H3,(H,24,26). The zero-order chi connectivity index (χ0) is 18.5. The van der Waals surface area contributed by atoms with Crippen LogP contribution in [0.25, 0.3) is 0 Å². The van der Waals surface area contributed by atoms with Gasteiger partial charge in [0.25, 0.3) is 5.91 Å². The molecule has 0 radical (unpaired) electrons. The van der Waals surface area contributed by atoms with Crippen molar-refractivity contribution in [2.75, 3.05) is 29.6 Å². The third-order valence-corrected chi connectivity index (χ3v) is 4.07. The van der Waals surface area contributed by atoms with Crippen LogP contribution in [0.2, 0.25) is 0 Å². The fraction of sp³-hybridized carbons (Fsp3) is 0.143. The van der Waals surface area contributed by atoms with Crippen molar-refractivity contribution < 1.29 is 4.79 Å². The van der Waals surface area contributed by atoms with Gasteiger partial charge in [0.2, 0.25) is 0 Å². The average molecular weight is 346 g/mol. The summed E-state index contributed by atoms with van der Waals surface area (Å²) in [5.41, 5.74) is 5.15. The number of aryl methyl sites for hydroxylation is 1. The van der Waals surface area contributed by atoms with Gasteiger partial charge in [-0.1, -0.05) is 18.2 Å². The Morgan fingerprint density at radius 2 is 1.69 bits per heavy atom.